The Bertz CT molecular complexity index is 1110. The number of H-pyrrole nitrogens is 1. The number of ether oxygens (including phenoxy) is 1. The molecule has 5 rings (SSSR count). The zero-order valence-corrected chi connectivity index (χ0v) is 19.2. The Morgan fingerprint density at radius 2 is 2.06 bits per heavy atom. The summed E-state index contributed by atoms with van der Waals surface area (Å²) in [7, 11) is 1.58. The monoisotopic (exact) mass is 465 g/mol. The highest BCUT2D eigenvalue weighted by molar-refractivity contribution is 6.01. The van der Waals surface area contributed by atoms with E-state index < -0.39 is 18.3 Å². The molecule has 1 saturated heterocycles. The van der Waals surface area contributed by atoms with Gasteiger partial charge in [0.05, 0.1) is 13.2 Å². The highest BCUT2D eigenvalue weighted by Crippen LogP contribution is 2.55. The van der Waals surface area contributed by atoms with Gasteiger partial charge < -0.3 is 25.5 Å². The van der Waals surface area contributed by atoms with E-state index >= 15 is 0 Å². The Hall–Kier alpha value is -3.09. The number of aromatic nitrogens is 1. The summed E-state index contributed by atoms with van der Waals surface area (Å²) in [6.45, 7) is 0.691. The molecule has 2 heterocycles. The molecule has 2 aliphatic carbocycles. The molecular weight excluding hydrogens is 434 g/mol. The zero-order chi connectivity index (χ0) is 23.8. The Labute approximate surface area is 198 Å². The van der Waals surface area contributed by atoms with Crippen LogP contribution in [0.5, 0.6) is 5.75 Å². The third-order valence-corrected chi connectivity index (χ3v) is 7.74. The van der Waals surface area contributed by atoms with Gasteiger partial charge in [0.1, 0.15) is 29.8 Å². The summed E-state index contributed by atoms with van der Waals surface area (Å²) in [4.78, 5) is 29.6. The Kier molecular flexibility index (Phi) is 6.19. The number of methoxy groups -OCH3 is 1. The Morgan fingerprint density at radius 1 is 1.26 bits per heavy atom. The molecule has 3 aliphatic rings. The van der Waals surface area contributed by atoms with Crippen LogP contribution in [0, 0.1) is 35.0 Å². The molecule has 1 aromatic heterocycles. The van der Waals surface area contributed by atoms with E-state index in [9.17, 15) is 20.0 Å². The van der Waals surface area contributed by atoms with E-state index in [1.807, 2.05) is 18.2 Å². The molecule has 9 heteroatoms. The highest BCUT2D eigenvalue weighted by Gasteiger charge is 2.49. The number of aliphatic hydroxyl groups is 1. The van der Waals surface area contributed by atoms with Gasteiger partial charge in [-0.25, -0.2) is 0 Å². The molecule has 180 valence electrons. The number of benzene rings is 1. The van der Waals surface area contributed by atoms with Crippen molar-refractivity contribution in [1.82, 2.24) is 20.9 Å². The van der Waals surface area contributed by atoms with Crippen molar-refractivity contribution in [2.75, 3.05) is 13.7 Å². The summed E-state index contributed by atoms with van der Waals surface area (Å²) in [6.07, 6.45) is 3.48. The second-order valence-corrected chi connectivity index (χ2v) is 9.92. The summed E-state index contributed by atoms with van der Waals surface area (Å²) in [5.74, 6) is 1.21. The number of nitriles is 1. The van der Waals surface area contributed by atoms with E-state index in [1.54, 1.807) is 13.2 Å². The van der Waals surface area contributed by atoms with Gasteiger partial charge in [-0.3, -0.25) is 14.9 Å². The number of nitrogens with one attached hydrogen (secondary N) is 4. The maximum absolute atomic E-state index is 13.3. The fraction of sp³-hybridized carbons (Fsp3) is 0.560. The molecule has 2 saturated carbocycles. The highest BCUT2D eigenvalue weighted by atomic mass is 16.5. The number of amides is 2. The van der Waals surface area contributed by atoms with Crippen LogP contribution in [0.3, 0.4) is 0 Å². The predicted molar refractivity (Wildman–Crippen MR) is 125 cm³/mol. The van der Waals surface area contributed by atoms with Gasteiger partial charge in [0, 0.05) is 16.8 Å². The SMILES string of the molecule is COc1cccc2[nH]c(C(=O)N[C@H](C(=O)N[C@H](C#N)C[C@@H]3CCNC3O)C3CC4CC4C3)cc12. The van der Waals surface area contributed by atoms with Gasteiger partial charge in [-0.1, -0.05) is 6.07 Å². The molecule has 1 aliphatic heterocycles. The Morgan fingerprint density at radius 3 is 2.74 bits per heavy atom. The molecule has 34 heavy (non-hydrogen) atoms. The van der Waals surface area contributed by atoms with Gasteiger partial charge in [0.25, 0.3) is 5.91 Å². The number of carbonyl (C=O) groups is 2. The van der Waals surface area contributed by atoms with Crippen molar-refractivity contribution in [3.8, 4) is 11.8 Å². The molecule has 0 radical (unpaired) electrons. The molecule has 3 fully saturated rings. The van der Waals surface area contributed by atoms with Crippen LogP contribution >= 0.6 is 0 Å². The number of fused-ring (bicyclic) bond motifs is 2. The van der Waals surface area contributed by atoms with Crippen molar-refractivity contribution < 1.29 is 19.4 Å². The molecule has 6 atom stereocenters. The summed E-state index contributed by atoms with van der Waals surface area (Å²) < 4.78 is 5.39. The maximum atomic E-state index is 13.3. The summed E-state index contributed by atoms with van der Waals surface area (Å²) >= 11 is 0. The number of rotatable bonds is 8. The van der Waals surface area contributed by atoms with E-state index in [2.05, 4.69) is 27.0 Å². The van der Waals surface area contributed by atoms with Crippen LogP contribution < -0.4 is 20.7 Å². The lowest BCUT2D eigenvalue weighted by Crippen LogP contribution is -2.53. The molecule has 1 aromatic carbocycles. The van der Waals surface area contributed by atoms with Crippen LogP contribution in [0.25, 0.3) is 10.9 Å². The number of carbonyl (C=O) groups excluding carboxylic acids is 2. The van der Waals surface area contributed by atoms with Gasteiger partial charge in [0.2, 0.25) is 5.91 Å². The van der Waals surface area contributed by atoms with E-state index in [-0.39, 0.29) is 23.7 Å². The minimum atomic E-state index is -0.722. The molecule has 2 amide bonds. The van der Waals surface area contributed by atoms with Crippen molar-refractivity contribution >= 4 is 22.7 Å². The third kappa shape index (κ3) is 4.48. The van der Waals surface area contributed by atoms with Crippen LogP contribution in [0.4, 0.5) is 0 Å². The average molecular weight is 466 g/mol. The molecular formula is C25H31N5O4. The first-order valence-electron chi connectivity index (χ1n) is 12.0. The standard InChI is InChI=1S/C25H31N5O4/c1-34-21-4-2-3-19-18(21)11-20(29-19)24(32)30-22(16-8-14-7-15(14)9-16)25(33)28-17(12-26)10-13-5-6-27-23(13)31/h2-4,11,13-17,22-23,27,29,31H,5-10H2,1H3,(H,28,33)(H,30,32)/t13-,14?,15?,16?,17-,22-,23?/m0/s1. The number of aliphatic hydroxyl groups excluding tert-OH is 1. The molecule has 5 N–H and O–H groups in total. The third-order valence-electron chi connectivity index (χ3n) is 7.74. The fourth-order valence-corrected chi connectivity index (χ4v) is 5.77. The molecule has 0 bridgehead atoms. The second kappa shape index (κ2) is 9.28. The van der Waals surface area contributed by atoms with Crippen molar-refractivity contribution in [2.24, 2.45) is 23.7 Å². The zero-order valence-electron chi connectivity index (χ0n) is 19.2. The lowest BCUT2D eigenvalue weighted by Gasteiger charge is -2.27. The van der Waals surface area contributed by atoms with Crippen molar-refractivity contribution in [3.05, 3.63) is 30.0 Å². The first-order chi connectivity index (χ1) is 16.5. The lowest BCUT2D eigenvalue weighted by molar-refractivity contribution is -0.124. The van der Waals surface area contributed by atoms with Crippen LogP contribution in [-0.4, -0.2) is 53.9 Å². The quantitative estimate of drug-likeness (QED) is 0.402. The fourth-order valence-electron chi connectivity index (χ4n) is 5.77. The summed E-state index contributed by atoms with van der Waals surface area (Å²) in [5, 5.41) is 29.2. The van der Waals surface area contributed by atoms with Gasteiger partial charge in [-0.15, -0.1) is 0 Å². The van der Waals surface area contributed by atoms with Gasteiger partial charge in [0.15, 0.2) is 0 Å². The topological polar surface area (TPSA) is 139 Å². The smallest absolute Gasteiger partial charge is 0.268 e. The molecule has 0 spiro atoms. The van der Waals surface area contributed by atoms with Crippen molar-refractivity contribution in [1.29, 1.82) is 5.26 Å². The summed E-state index contributed by atoms with van der Waals surface area (Å²) in [5.41, 5.74) is 1.14. The minimum absolute atomic E-state index is 0.0460. The van der Waals surface area contributed by atoms with Gasteiger partial charge in [-0.05, 0) is 74.6 Å². The predicted octanol–water partition coefficient (Wildman–Crippen LogP) is 1.65. The van der Waals surface area contributed by atoms with Crippen LogP contribution in [0.1, 0.15) is 42.6 Å². The minimum Gasteiger partial charge on any atom is -0.496 e. The number of hydrogen-bond donors (Lipinski definition) is 5. The van der Waals surface area contributed by atoms with Crippen molar-refractivity contribution in [2.45, 2.75) is 50.4 Å². The first kappa shape index (κ1) is 22.7. The number of hydrogen-bond acceptors (Lipinski definition) is 6. The molecule has 9 nitrogen and oxygen atoms in total. The second-order valence-electron chi connectivity index (χ2n) is 9.92. The van der Waals surface area contributed by atoms with Crippen LogP contribution in [-0.2, 0) is 4.79 Å². The largest absolute Gasteiger partial charge is 0.496 e. The normalized spacial score (nSPS) is 29.1. The molecule has 3 unspecified atom stereocenters. The van der Waals surface area contributed by atoms with Gasteiger partial charge >= 0.3 is 0 Å². The molecule has 2 aromatic rings. The van der Waals surface area contributed by atoms with E-state index in [1.165, 1.54) is 6.42 Å². The number of aromatic amines is 1. The van der Waals surface area contributed by atoms with E-state index in [0.29, 0.717) is 36.2 Å². The van der Waals surface area contributed by atoms with Crippen LogP contribution in [0.15, 0.2) is 24.3 Å². The number of nitrogens with zero attached hydrogens (tertiary/aromatic N) is 1. The first-order valence-corrected chi connectivity index (χ1v) is 12.0. The lowest BCUT2D eigenvalue weighted by atomic mass is 9.92. The van der Waals surface area contributed by atoms with E-state index in [4.69, 9.17) is 4.74 Å². The average Bonchev–Trinajstić information content (AvgIpc) is 3.18. The van der Waals surface area contributed by atoms with Gasteiger partial charge in [-0.2, -0.15) is 5.26 Å². The van der Waals surface area contributed by atoms with Crippen molar-refractivity contribution in [3.63, 3.8) is 0 Å². The maximum Gasteiger partial charge on any atom is 0.268 e. The van der Waals surface area contributed by atoms with E-state index in [0.717, 1.165) is 30.2 Å². The Balaban J connectivity index is 1.31. The summed E-state index contributed by atoms with van der Waals surface area (Å²) in [6, 6.07) is 8.00. The van der Waals surface area contributed by atoms with Crippen LogP contribution in [0.2, 0.25) is 0 Å².